The molecule has 1 fully saturated rings. The normalized spacial score (nSPS) is 35.0. The standard InChI is InChI=1S/C21H24O9/c22-9-14-17(24)18(25)19(26)21(30-14)28-11-6-7-12-13(8-11)29-20(27)15(12)16(23)10-4-2-1-3-5-10/h1-5,8,11,14,16-19,21-26H,6-7,9H2/t11-,14+,16?,17+,18-,19+,21+/m0/s1. The van der Waals surface area contributed by atoms with Crippen LogP contribution in [0.25, 0.3) is 0 Å². The van der Waals surface area contributed by atoms with Gasteiger partial charge in [0.15, 0.2) is 6.29 Å². The van der Waals surface area contributed by atoms with Gasteiger partial charge in [-0.15, -0.1) is 0 Å². The molecule has 3 aliphatic rings. The van der Waals surface area contributed by atoms with E-state index in [-0.39, 0.29) is 11.3 Å². The molecule has 9 nitrogen and oxygen atoms in total. The lowest BCUT2D eigenvalue weighted by Crippen LogP contribution is -2.59. The number of hydrogen-bond acceptors (Lipinski definition) is 9. The Morgan fingerprint density at radius 3 is 2.53 bits per heavy atom. The molecule has 0 radical (unpaired) electrons. The number of fused-ring (bicyclic) bond motifs is 1. The minimum atomic E-state index is -1.54. The van der Waals surface area contributed by atoms with Gasteiger partial charge in [-0.1, -0.05) is 30.3 Å². The van der Waals surface area contributed by atoms with Crippen LogP contribution in [-0.4, -0.2) is 74.9 Å². The average molecular weight is 420 g/mol. The molecule has 5 N–H and O–H groups in total. The Labute approximate surface area is 172 Å². The number of ether oxygens (including phenoxy) is 3. The first-order valence-corrected chi connectivity index (χ1v) is 9.77. The number of aliphatic hydroxyl groups is 5. The number of carbonyl (C=O) groups is 1. The highest BCUT2D eigenvalue weighted by Crippen LogP contribution is 2.40. The van der Waals surface area contributed by atoms with Crippen molar-refractivity contribution in [2.24, 2.45) is 0 Å². The fourth-order valence-electron chi connectivity index (χ4n) is 3.94. The molecule has 1 aromatic rings. The second-order valence-electron chi connectivity index (χ2n) is 7.54. The van der Waals surface area contributed by atoms with Crippen molar-refractivity contribution >= 4 is 5.97 Å². The van der Waals surface area contributed by atoms with E-state index in [4.69, 9.17) is 14.2 Å². The van der Waals surface area contributed by atoms with Gasteiger partial charge in [0.25, 0.3) is 0 Å². The summed E-state index contributed by atoms with van der Waals surface area (Å²) < 4.78 is 16.4. The summed E-state index contributed by atoms with van der Waals surface area (Å²) >= 11 is 0. The summed E-state index contributed by atoms with van der Waals surface area (Å²) in [6.07, 6.45) is -6.23. The van der Waals surface area contributed by atoms with Gasteiger partial charge >= 0.3 is 5.97 Å². The third kappa shape index (κ3) is 3.81. The SMILES string of the molecule is O=C1OC2=C[C@@H](O[C@@H]3O[C@H](CO)[C@@H](O)[C@H](O)[C@H]3O)CCC2=C1C(O)c1ccccc1. The Morgan fingerprint density at radius 1 is 1.10 bits per heavy atom. The smallest absolute Gasteiger partial charge is 0.342 e. The van der Waals surface area contributed by atoms with Crippen LogP contribution in [0.1, 0.15) is 24.5 Å². The molecule has 0 saturated carbocycles. The number of allylic oxidation sites excluding steroid dienone is 1. The second kappa shape index (κ2) is 8.56. The first-order valence-electron chi connectivity index (χ1n) is 9.77. The third-order valence-corrected chi connectivity index (χ3v) is 5.61. The number of hydrogen-bond donors (Lipinski definition) is 5. The number of esters is 1. The van der Waals surface area contributed by atoms with E-state index in [1.54, 1.807) is 30.3 Å². The van der Waals surface area contributed by atoms with E-state index in [1.807, 2.05) is 6.07 Å². The van der Waals surface area contributed by atoms with E-state index in [0.29, 0.717) is 24.0 Å². The lowest BCUT2D eigenvalue weighted by molar-refractivity contribution is -0.308. The van der Waals surface area contributed by atoms with Crippen LogP contribution in [0, 0.1) is 0 Å². The van der Waals surface area contributed by atoms with Gasteiger partial charge in [-0.2, -0.15) is 0 Å². The van der Waals surface area contributed by atoms with Crippen molar-refractivity contribution < 1.29 is 44.5 Å². The summed E-state index contributed by atoms with van der Waals surface area (Å²) in [7, 11) is 0. The van der Waals surface area contributed by atoms with Crippen molar-refractivity contribution in [1.82, 2.24) is 0 Å². The zero-order valence-electron chi connectivity index (χ0n) is 16.0. The molecule has 7 atom stereocenters. The lowest BCUT2D eigenvalue weighted by Gasteiger charge is -2.40. The summed E-state index contributed by atoms with van der Waals surface area (Å²) in [6, 6.07) is 8.80. The molecular weight excluding hydrogens is 396 g/mol. The Bertz CT molecular complexity index is 847. The van der Waals surface area contributed by atoms with Crippen molar-refractivity contribution in [3.8, 4) is 0 Å². The highest BCUT2D eigenvalue weighted by atomic mass is 16.7. The number of rotatable bonds is 5. The number of carbonyl (C=O) groups excluding carboxylic acids is 1. The summed E-state index contributed by atoms with van der Waals surface area (Å²) in [6.45, 7) is -0.554. The molecule has 1 saturated heterocycles. The van der Waals surface area contributed by atoms with Gasteiger partial charge in [-0.05, 0) is 24.5 Å². The molecule has 1 aromatic carbocycles. The third-order valence-electron chi connectivity index (χ3n) is 5.61. The van der Waals surface area contributed by atoms with Crippen molar-refractivity contribution in [3.05, 3.63) is 58.9 Å². The average Bonchev–Trinajstić information content (AvgIpc) is 3.09. The van der Waals surface area contributed by atoms with Gasteiger partial charge in [-0.3, -0.25) is 0 Å². The van der Waals surface area contributed by atoms with Crippen LogP contribution in [0.4, 0.5) is 0 Å². The summed E-state index contributed by atoms with van der Waals surface area (Å²) in [5.41, 5.74) is 1.38. The Balaban J connectivity index is 1.51. The lowest BCUT2D eigenvalue weighted by atomic mass is 9.91. The molecule has 30 heavy (non-hydrogen) atoms. The van der Waals surface area contributed by atoms with Crippen molar-refractivity contribution in [2.45, 2.75) is 55.8 Å². The van der Waals surface area contributed by atoms with E-state index < -0.39 is 55.5 Å². The number of aliphatic hydroxyl groups excluding tert-OH is 5. The fraction of sp³-hybridized carbons (Fsp3) is 0.476. The van der Waals surface area contributed by atoms with Gasteiger partial charge in [0.1, 0.15) is 36.3 Å². The summed E-state index contributed by atoms with van der Waals surface area (Å²) in [5, 5.41) is 49.8. The van der Waals surface area contributed by atoms with Crippen molar-refractivity contribution in [1.29, 1.82) is 0 Å². The fourth-order valence-corrected chi connectivity index (χ4v) is 3.94. The predicted molar refractivity (Wildman–Crippen MR) is 100 cm³/mol. The quantitative estimate of drug-likeness (QED) is 0.396. The second-order valence-corrected chi connectivity index (χ2v) is 7.54. The minimum absolute atomic E-state index is 0.193. The highest BCUT2D eigenvalue weighted by Gasteiger charge is 2.45. The first kappa shape index (κ1) is 21.1. The van der Waals surface area contributed by atoms with Gasteiger partial charge < -0.3 is 39.7 Å². The van der Waals surface area contributed by atoms with Crippen LogP contribution >= 0.6 is 0 Å². The van der Waals surface area contributed by atoms with E-state index >= 15 is 0 Å². The summed E-state index contributed by atoms with van der Waals surface area (Å²) in [5.74, 6) is -0.341. The van der Waals surface area contributed by atoms with E-state index in [1.165, 1.54) is 0 Å². The van der Waals surface area contributed by atoms with Gasteiger partial charge in [0.05, 0.1) is 18.3 Å². The Morgan fingerprint density at radius 2 is 1.83 bits per heavy atom. The summed E-state index contributed by atoms with van der Waals surface area (Å²) in [4.78, 5) is 12.4. The first-order chi connectivity index (χ1) is 14.4. The maximum Gasteiger partial charge on any atom is 0.342 e. The zero-order chi connectivity index (χ0) is 21.4. The topological polar surface area (TPSA) is 146 Å². The molecule has 4 rings (SSSR count). The van der Waals surface area contributed by atoms with Crippen LogP contribution in [-0.2, 0) is 19.0 Å². The van der Waals surface area contributed by atoms with Crippen LogP contribution in [0.5, 0.6) is 0 Å². The molecule has 0 amide bonds. The van der Waals surface area contributed by atoms with Crippen LogP contribution in [0.3, 0.4) is 0 Å². The maximum absolute atomic E-state index is 12.4. The molecule has 0 spiro atoms. The van der Waals surface area contributed by atoms with Gasteiger partial charge in [0, 0.05) is 5.57 Å². The molecule has 2 aliphatic heterocycles. The molecule has 9 heteroatoms. The molecular formula is C21H24O9. The van der Waals surface area contributed by atoms with E-state index in [2.05, 4.69) is 0 Å². The van der Waals surface area contributed by atoms with Crippen molar-refractivity contribution in [3.63, 3.8) is 0 Å². The molecule has 1 aliphatic carbocycles. The van der Waals surface area contributed by atoms with Crippen LogP contribution < -0.4 is 0 Å². The van der Waals surface area contributed by atoms with Crippen molar-refractivity contribution in [2.75, 3.05) is 6.61 Å². The maximum atomic E-state index is 12.4. The highest BCUT2D eigenvalue weighted by molar-refractivity contribution is 5.96. The van der Waals surface area contributed by atoms with Crippen LogP contribution in [0.2, 0.25) is 0 Å². The molecule has 0 aromatic heterocycles. The largest absolute Gasteiger partial charge is 0.423 e. The zero-order valence-corrected chi connectivity index (χ0v) is 16.0. The van der Waals surface area contributed by atoms with E-state index in [0.717, 1.165) is 0 Å². The molecule has 162 valence electrons. The molecule has 1 unspecified atom stereocenters. The molecule has 0 bridgehead atoms. The van der Waals surface area contributed by atoms with Crippen LogP contribution in [0.15, 0.2) is 53.3 Å². The van der Waals surface area contributed by atoms with Gasteiger partial charge in [0.2, 0.25) is 0 Å². The van der Waals surface area contributed by atoms with E-state index in [9.17, 15) is 30.3 Å². The predicted octanol–water partition coefficient (Wildman–Crippen LogP) is -0.564. The Kier molecular flexibility index (Phi) is 6.03. The molecule has 2 heterocycles. The Hall–Kier alpha value is -2.11. The van der Waals surface area contributed by atoms with Gasteiger partial charge in [-0.25, -0.2) is 4.79 Å². The number of benzene rings is 1. The minimum Gasteiger partial charge on any atom is -0.423 e. The monoisotopic (exact) mass is 420 g/mol.